The van der Waals surface area contributed by atoms with Crippen LogP contribution in [0.15, 0.2) is 54.6 Å². The molecule has 0 aromatic heterocycles. The minimum atomic E-state index is -0.655. The summed E-state index contributed by atoms with van der Waals surface area (Å²) in [6.07, 6.45) is -2.70. The number of ether oxygens (including phenoxy) is 4. The van der Waals surface area contributed by atoms with Gasteiger partial charge in [0.2, 0.25) is 0 Å². The third kappa shape index (κ3) is 7.98. The van der Waals surface area contributed by atoms with Crippen molar-refractivity contribution in [2.24, 2.45) is 10.8 Å². The average Bonchev–Trinajstić information content (AvgIpc) is 3.28. The predicted octanol–water partition coefficient (Wildman–Crippen LogP) is 3.85. The molecular formula is C29H42O8. The monoisotopic (exact) mass is 518 g/mol. The maximum atomic E-state index is 12.1. The van der Waals surface area contributed by atoms with Crippen LogP contribution >= 0.6 is 0 Å². The number of hydrogen-bond donors (Lipinski definition) is 2. The van der Waals surface area contributed by atoms with Crippen molar-refractivity contribution in [2.75, 3.05) is 13.2 Å². The molecule has 2 heterocycles. The zero-order valence-corrected chi connectivity index (χ0v) is 23.0. The molecule has 0 radical (unpaired) electrons. The van der Waals surface area contributed by atoms with E-state index in [0.29, 0.717) is 16.7 Å². The number of aliphatic hydroxyl groups excluding tert-OH is 2. The van der Waals surface area contributed by atoms with Crippen molar-refractivity contribution in [1.82, 2.24) is 0 Å². The summed E-state index contributed by atoms with van der Waals surface area (Å²) in [7, 11) is 0. The number of rotatable bonds is 5. The van der Waals surface area contributed by atoms with Crippen molar-refractivity contribution >= 4 is 11.9 Å². The van der Waals surface area contributed by atoms with Gasteiger partial charge in [0.15, 0.2) is 6.10 Å². The summed E-state index contributed by atoms with van der Waals surface area (Å²) < 4.78 is 22.2. The highest BCUT2D eigenvalue weighted by atomic mass is 16.6. The third-order valence-electron chi connectivity index (χ3n) is 6.30. The van der Waals surface area contributed by atoms with Gasteiger partial charge in [0.1, 0.15) is 31.0 Å². The van der Waals surface area contributed by atoms with Crippen molar-refractivity contribution in [1.29, 1.82) is 0 Å². The standard InChI is InChI=1S/C19H24O5.C10H18O3/c1-12-15(11-22-18(21)14-9-7-6-8-10-14)24-17(19(3,4)5)16(12)23-13(2)20;1-6-7(5-11)13-9(8(6)12)10(2,3)4/h6-10,15-17H,1,11H2,2-5H3;7-9,11-12H,1,5H2,2-4H3/t15-,16-,17-;7-,8-,9-/m11/s1. The molecular weight excluding hydrogens is 476 g/mol. The van der Waals surface area contributed by atoms with E-state index in [-0.39, 0.29) is 42.2 Å². The molecule has 1 aromatic carbocycles. The second kappa shape index (κ2) is 12.3. The van der Waals surface area contributed by atoms with Crippen LogP contribution in [0.3, 0.4) is 0 Å². The van der Waals surface area contributed by atoms with Crippen LogP contribution in [-0.4, -0.2) is 72.0 Å². The molecule has 8 nitrogen and oxygen atoms in total. The Hall–Kier alpha value is -2.52. The SMILES string of the molecule is C=C1[C@@H](O)[C@H](C(C)(C)C)O[C@@H]1CO.C=C1[C@@H](OC(C)=O)[C@H](C(C)(C)C)O[C@@H]1COC(=O)c1ccccc1. The van der Waals surface area contributed by atoms with Gasteiger partial charge in [0.25, 0.3) is 0 Å². The summed E-state index contributed by atoms with van der Waals surface area (Å²) in [4.78, 5) is 23.4. The van der Waals surface area contributed by atoms with Gasteiger partial charge in [-0.3, -0.25) is 4.79 Å². The second-order valence-corrected chi connectivity index (χ2v) is 11.6. The van der Waals surface area contributed by atoms with Crippen LogP contribution < -0.4 is 0 Å². The Kier molecular flexibility index (Phi) is 10.2. The highest BCUT2D eigenvalue weighted by Crippen LogP contribution is 2.38. The molecule has 2 saturated heterocycles. The first-order chi connectivity index (χ1) is 17.1. The molecule has 8 heteroatoms. The van der Waals surface area contributed by atoms with Crippen LogP contribution in [0.5, 0.6) is 0 Å². The number of benzene rings is 1. The number of esters is 2. The Bertz CT molecular complexity index is 956. The second-order valence-electron chi connectivity index (χ2n) is 11.6. The first-order valence-electron chi connectivity index (χ1n) is 12.4. The Morgan fingerprint density at radius 2 is 1.46 bits per heavy atom. The van der Waals surface area contributed by atoms with Gasteiger partial charge in [-0.2, -0.15) is 0 Å². The van der Waals surface area contributed by atoms with Crippen LogP contribution in [0.4, 0.5) is 0 Å². The van der Waals surface area contributed by atoms with E-state index in [4.69, 9.17) is 24.1 Å². The van der Waals surface area contributed by atoms with E-state index in [1.54, 1.807) is 24.3 Å². The Morgan fingerprint density at radius 1 is 0.919 bits per heavy atom. The normalized spacial score (nSPS) is 27.9. The lowest BCUT2D eigenvalue weighted by Crippen LogP contribution is -2.37. The summed E-state index contributed by atoms with van der Waals surface area (Å²) in [5.41, 5.74) is 1.30. The molecule has 6 atom stereocenters. The van der Waals surface area contributed by atoms with Crippen molar-refractivity contribution in [3.05, 3.63) is 60.2 Å². The molecule has 37 heavy (non-hydrogen) atoms. The van der Waals surface area contributed by atoms with Crippen LogP contribution in [-0.2, 0) is 23.7 Å². The molecule has 0 unspecified atom stereocenters. The molecule has 2 fully saturated rings. The van der Waals surface area contributed by atoms with Crippen molar-refractivity contribution < 1.29 is 38.7 Å². The Balaban J connectivity index is 0.000000312. The van der Waals surface area contributed by atoms with Gasteiger partial charge in [-0.15, -0.1) is 0 Å². The van der Waals surface area contributed by atoms with Crippen LogP contribution in [0.25, 0.3) is 0 Å². The summed E-state index contributed by atoms with van der Waals surface area (Å²) in [6.45, 7) is 21.0. The van der Waals surface area contributed by atoms with Crippen molar-refractivity contribution in [3.63, 3.8) is 0 Å². The van der Waals surface area contributed by atoms with Gasteiger partial charge >= 0.3 is 11.9 Å². The molecule has 2 aliphatic rings. The first-order valence-corrected chi connectivity index (χ1v) is 12.4. The number of aliphatic hydroxyl groups is 2. The van der Waals surface area contributed by atoms with Gasteiger partial charge in [-0.1, -0.05) is 72.9 Å². The van der Waals surface area contributed by atoms with Gasteiger partial charge in [-0.25, -0.2) is 4.79 Å². The van der Waals surface area contributed by atoms with Gasteiger partial charge < -0.3 is 29.2 Å². The lowest BCUT2D eigenvalue weighted by atomic mass is 9.85. The maximum absolute atomic E-state index is 12.1. The zero-order chi connectivity index (χ0) is 28.1. The predicted molar refractivity (Wildman–Crippen MR) is 140 cm³/mol. The summed E-state index contributed by atoms with van der Waals surface area (Å²) in [6, 6.07) is 8.75. The maximum Gasteiger partial charge on any atom is 0.338 e. The molecule has 2 N–H and O–H groups in total. The topological polar surface area (TPSA) is 112 Å². The summed E-state index contributed by atoms with van der Waals surface area (Å²) >= 11 is 0. The molecule has 0 bridgehead atoms. The Labute approximate surface area is 220 Å². The lowest BCUT2D eigenvalue weighted by molar-refractivity contribution is -0.151. The van der Waals surface area contributed by atoms with E-state index in [0.717, 1.165) is 0 Å². The molecule has 0 saturated carbocycles. The molecule has 0 spiro atoms. The minimum absolute atomic E-state index is 0.0386. The zero-order valence-electron chi connectivity index (χ0n) is 23.0. The third-order valence-corrected chi connectivity index (χ3v) is 6.30. The van der Waals surface area contributed by atoms with E-state index in [2.05, 4.69) is 13.2 Å². The Morgan fingerprint density at radius 3 is 1.89 bits per heavy atom. The fourth-order valence-electron chi connectivity index (χ4n) is 4.20. The first kappa shape index (κ1) is 30.7. The summed E-state index contributed by atoms with van der Waals surface area (Å²) in [5.74, 6) is -0.809. The van der Waals surface area contributed by atoms with Gasteiger partial charge in [0, 0.05) is 6.92 Å². The quantitative estimate of drug-likeness (QED) is 0.447. The molecule has 3 rings (SSSR count). The van der Waals surface area contributed by atoms with Crippen LogP contribution in [0, 0.1) is 10.8 Å². The summed E-state index contributed by atoms with van der Waals surface area (Å²) in [5, 5.41) is 18.7. The van der Waals surface area contributed by atoms with Crippen LogP contribution in [0.1, 0.15) is 58.8 Å². The molecule has 0 aliphatic carbocycles. The van der Waals surface area contributed by atoms with E-state index < -0.39 is 30.4 Å². The number of carbonyl (C=O) groups excluding carboxylic acids is 2. The molecule has 1 aromatic rings. The van der Waals surface area contributed by atoms with E-state index in [1.807, 2.05) is 47.6 Å². The largest absolute Gasteiger partial charge is 0.459 e. The van der Waals surface area contributed by atoms with Crippen LogP contribution in [0.2, 0.25) is 0 Å². The number of hydrogen-bond acceptors (Lipinski definition) is 8. The smallest absolute Gasteiger partial charge is 0.338 e. The highest BCUT2D eigenvalue weighted by Gasteiger charge is 2.47. The van der Waals surface area contributed by atoms with Crippen molar-refractivity contribution in [3.8, 4) is 0 Å². The fraction of sp³-hybridized carbons (Fsp3) is 0.586. The van der Waals surface area contributed by atoms with E-state index in [1.165, 1.54) is 6.92 Å². The average molecular weight is 519 g/mol. The highest BCUT2D eigenvalue weighted by molar-refractivity contribution is 5.89. The van der Waals surface area contributed by atoms with Gasteiger partial charge in [0.05, 0.1) is 18.3 Å². The molecule has 2 aliphatic heterocycles. The van der Waals surface area contributed by atoms with E-state index in [9.17, 15) is 14.7 Å². The van der Waals surface area contributed by atoms with Crippen molar-refractivity contribution in [2.45, 2.75) is 85.1 Å². The fourth-order valence-corrected chi connectivity index (χ4v) is 4.20. The number of carbonyl (C=O) groups is 2. The molecule has 206 valence electrons. The van der Waals surface area contributed by atoms with Gasteiger partial charge in [-0.05, 0) is 34.1 Å². The lowest BCUT2D eigenvalue weighted by Gasteiger charge is -2.30. The minimum Gasteiger partial charge on any atom is -0.459 e. The molecule has 0 amide bonds. The van der Waals surface area contributed by atoms with E-state index >= 15 is 0 Å².